The van der Waals surface area contributed by atoms with Gasteiger partial charge in [0.05, 0.1) is 6.61 Å². The van der Waals surface area contributed by atoms with E-state index in [4.69, 9.17) is 16.3 Å². The molecule has 2 atom stereocenters. The largest absolute Gasteiger partial charge is 0.383 e. The first-order valence-electron chi connectivity index (χ1n) is 7.31. The third-order valence-electron chi connectivity index (χ3n) is 4.12. The molecule has 1 aliphatic rings. The molecule has 1 aromatic carbocycles. The zero-order valence-electron chi connectivity index (χ0n) is 12.6. The molecular weight excluding hydrogens is 272 g/mol. The monoisotopic (exact) mass is 296 g/mol. The lowest BCUT2D eigenvalue weighted by Gasteiger charge is -2.33. The summed E-state index contributed by atoms with van der Waals surface area (Å²) in [5, 5.41) is 4.38. The molecule has 112 valence electrons. The van der Waals surface area contributed by atoms with Crippen LogP contribution in [0.2, 0.25) is 5.02 Å². The van der Waals surface area contributed by atoms with Gasteiger partial charge >= 0.3 is 0 Å². The molecule has 2 rings (SSSR count). The highest BCUT2D eigenvalue weighted by atomic mass is 35.5. The predicted molar refractivity (Wildman–Crippen MR) is 84.3 cm³/mol. The average molecular weight is 297 g/mol. The maximum absolute atomic E-state index is 5.96. The third kappa shape index (κ3) is 4.45. The summed E-state index contributed by atoms with van der Waals surface area (Å²) in [6.07, 6.45) is 2.63. The Labute approximate surface area is 127 Å². The Hall–Kier alpha value is -0.610. The van der Waals surface area contributed by atoms with Crippen LogP contribution in [-0.4, -0.2) is 44.3 Å². The number of likely N-dealkylation sites (N-methyl/N-ethyl adjacent to an activating group) is 1. The van der Waals surface area contributed by atoms with Crippen molar-refractivity contribution in [3.63, 3.8) is 0 Å². The fraction of sp³-hybridized carbons (Fsp3) is 0.625. The van der Waals surface area contributed by atoms with Crippen LogP contribution in [0, 0.1) is 0 Å². The van der Waals surface area contributed by atoms with Crippen LogP contribution < -0.4 is 5.32 Å². The van der Waals surface area contributed by atoms with Gasteiger partial charge < -0.3 is 10.1 Å². The minimum Gasteiger partial charge on any atom is -0.383 e. The van der Waals surface area contributed by atoms with Crippen molar-refractivity contribution in [2.24, 2.45) is 0 Å². The van der Waals surface area contributed by atoms with Gasteiger partial charge in [0.2, 0.25) is 0 Å². The molecule has 0 aliphatic heterocycles. The molecule has 0 radical (unpaired) electrons. The summed E-state index contributed by atoms with van der Waals surface area (Å²) in [4.78, 5) is 2.38. The van der Waals surface area contributed by atoms with Crippen molar-refractivity contribution in [1.82, 2.24) is 10.2 Å². The first-order valence-corrected chi connectivity index (χ1v) is 7.69. The van der Waals surface area contributed by atoms with Gasteiger partial charge in [0.15, 0.2) is 0 Å². The van der Waals surface area contributed by atoms with Crippen LogP contribution >= 0.6 is 11.6 Å². The van der Waals surface area contributed by atoms with Crippen molar-refractivity contribution in [2.45, 2.75) is 37.9 Å². The standard InChI is InChI=1S/C16H25ClN2O/c1-12(13-4-6-14(17)7-5-13)19(2)16(11-20-3)10-18-15-8-9-15/h4-7,12,15-16,18H,8-11H2,1-3H3. The highest BCUT2D eigenvalue weighted by Crippen LogP contribution is 2.23. The van der Waals surface area contributed by atoms with Crippen LogP contribution in [0.1, 0.15) is 31.4 Å². The number of rotatable bonds is 8. The number of nitrogens with zero attached hydrogens (tertiary/aromatic N) is 1. The normalized spacial score (nSPS) is 18.2. The van der Waals surface area contributed by atoms with Crippen molar-refractivity contribution in [3.05, 3.63) is 34.9 Å². The predicted octanol–water partition coefficient (Wildman–Crippen LogP) is 3.10. The van der Waals surface area contributed by atoms with Gasteiger partial charge in [-0.2, -0.15) is 0 Å². The van der Waals surface area contributed by atoms with Gasteiger partial charge in [-0.3, -0.25) is 4.90 Å². The molecule has 2 unspecified atom stereocenters. The Morgan fingerprint density at radius 3 is 2.55 bits per heavy atom. The van der Waals surface area contributed by atoms with Crippen LogP contribution in [0.5, 0.6) is 0 Å². The second-order valence-corrected chi connectivity index (χ2v) is 6.12. The van der Waals surface area contributed by atoms with Crippen molar-refractivity contribution >= 4 is 11.6 Å². The van der Waals surface area contributed by atoms with Gasteiger partial charge in [0.1, 0.15) is 0 Å². The number of hydrogen-bond acceptors (Lipinski definition) is 3. The van der Waals surface area contributed by atoms with E-state index in [-0.39, 0.29) is 0 Å². The fourth-order valence-corrected chi connectivity index (χ4v) is 2.52. The maximum atomic E-state index is 5.96. The molecule has 3 nitrogen and oxygen atoms in total. The lowest BCUT2D eigenvalue weighted by atomic mass is 10.1. The summed E-state index contributed by atoms with van der Waals surface area (Å²) in [5.74, 6) is 0. The van der Waals surface area contributed by atoms with E-state index < -0.39 is 0 Å². The Bertz CT molecular complexity index is 405. The lowest BCUT2D eigenvalue weighted by Crippen LogP contribution is -2.44. The SMILES string of the molecule is COCC(CNC1CC1)N(C)C(C)c1ccc(Cl)cc1. The van der Waals surface area contributed by atoms with E-state index in [1.54, 1.807) is 7.11 Å². The molecule has 0 aromatic heterocycles. The number of nitrogens with one attached hydrogen (secondary N) is 1. The van der Waals surface area contributed by atoms with Gasteiger partial charge in [-0.25, -0.2) is 0 Å². The number of ether oxygens (including phenoxy) is 1. The van der Waals surface area contributed by atoms with Gasteiger partial charge in [-0.05, 0) is 44.5 Å². The average Bonchev–Trinajstić information content (AvgIpc) is 3.27. The summed E-state index contributed by atoms with van der Waals surface area (Å²) in [5.41, 5.74) is 1.28. The van der Waals surface area contributed by atoms with Crippen LogP contribution in [0.25, 0.3) is 0 Å². The lowest BCUT2D eigenvalue weighted by molar-refractivity contribution is 0.0834. The summed E-state index contributed by atoms with van der Waals surface area (Å²) in [6.45, 7) is 3.95. The number of benzene rings is 1. The van der Waals surface area contributed by atoms with Gasteiger partial charge in [-0.1, -0.05) is 23.7 Å². The Morgan fingerprint density at radius 1 is 1.35 bits per heavy atom. The molecule has 0 bridgehead atoms. The van der Waals surface area contributed by atoms with E-state index >= 15 is 0 Å². The smallest absolute Gasteiger partial charge is 0.0630 e. The summed E-state index contributed by atoms with van der Waals surface area (Å²) >= 11 is 5.96. The van der Waals surface area contributed by atoms with Gasteiger partial charge in [-0.15, -0.1) is 0 Å². The second kappa shape index (κ2) is 7.41. The highest BCUT2D eigenvalue weighted by Gasteiger charge is 2.25. The van der Waals surface area contributed by atoms with Crippen LogP contribution in [0.4, 0.5) is 0 Å². The van der Waals surface area contributed by atoms with E-state index in [0.29, 0.717) is 12.1 Å². The molecule has 0 heterocycles. The molecule has 4 heteroatoms. The minimum atomic E-state index is 0.341. The van der Waals surface area contributed by atoms with E-state index in [0.717, 1.165) is 24.2 Å². The van der Waals surface area contributed by atoms with Crippen LogP contribution in [-0.2, 0) is 4.74 Å². The highest BCUT2D eigenvalue weighted by molar-refractivity contribution is 6.30. The zero-order chi connectivity index (χ0) is 14.5. The Balaban J connectivity index is 1.96. The topological polar surface area (TPSA) is 24.5 Å². The van der Waals surface area contributed by atoms with Crippen molar-refractivity contribution in [3.8, 4) is 0 Å². The first-order chi connectivity index (χ1) is 9.61. The molecule has 20 heavy (non-hydrogen) atoms. The van der Waals surface area contributed by atoms with Crippen LogP contribution in [0.15, 0.2) is 24.3 Å². The number of halogens is 1. The van der Waals surface area contributed by atoms with Crippen molar-refractivity contribution in [2.75, 3.05) is 27.3 Å². The molecule has 1 aliphatic carbocycles. The van der Waals surface area contributed by atoms with E-state index in [2.05, 4.69) is 36.3 Å². The van der Waals surface area contributed by atoms with E-state index in [1.165, 1.54) is 18.4 Å². The van der Waals surface area contributed by atoms with Crippen LogP contribution in [0.3, 0.4) is 0 Å². The summed E-state index contributed by atoms with van der Waals surface area (Å²) < 4.78 is 5.38. The Kier molecular flexibility index (Phi) is 5.85. The number of methoxy groups -OCH3 is 1. The number of hydrogen-bond donors (Lipinski definition) is 1. The van der Waals surface area contributed by atoms with Gasteiger partial charge in [0, 0.05) is 36.8 Å². The molecule has 1 saturated carbocycles. The van der Waals surface area contributed by atoms with Crippen molar-refractivity contribution in [1.29, 1.82) is 0 Å². The minimum absolute atomic E-state index is 0.341. The summed E-state index contributed by atoms with van der Waals surface area (Å²) in [6, 6.07) is 9.56. The quantitative estimate of drug-likeness (QED) is 0.798. The third-order valence-corrected chi connectivity index (χ3v) is 4.37. The molecule has 1 N–H and O–H groups in total. The Morgan fingerprint density at radius 2 is 2.00 bits per heavy atom. The fourth-order valence-electron chi connectivity index (χ4n) is 2.40. The van der Waals surface area contributed by atoms with E-state index in [9.17, 15) is 0 Å². The molecular formula is C16H25ClN2O. The second-order valence-electron chi connectivity index (χ2n) is 5.68. The molecule has 0 spiro atoms. The first kappa shape index (κ1) is 15.8. The molecule has 0 amide bonds. The maximum Gasteiger partial charge on any atom is 0.0630 e. The molecule has 1 fully saturated rings. The zero-order valence-corrected chi connectivity index (χ0v) is 13.4. The molecule has 1 aromatic rings. The van der Waals surface area contributed by atoms with Gasteiger partial charge in [0.25, 0.3) is 0 Å². The van der Waals surface area contributed by atoms with E-state index in [1.807, 2.05) is 12.1 Å². The molecule has 0 saturated heterocycles. The summed E-state index contributed by atoms with van der Waals surface area (Å²) in [7, 11) is 3.93. The van der Waals surface area contributed by atoms with Crippen molar-refractivity contribution < 1.29 is 4.74 Å².